The molecule has 0 bridgehead atoms. The molecule has 0 aromatic rings. The minimum absolute atomic E-state index is 0.0265. The van der Waals surface area contributed by atoms with Crippen molar-refractivity contribution < 1.29 is 92.4 Å². The van der Waals surface area contributed by atoms with Crippen molar-refractivity contribution in [3.8, 4) is 0 Å². The second-order valence-corrected chi connectivity index (χ2v) is 29.2. The van der Waals surface area contributed by atoms with Crippen LogP contribution in [-0.4, -0.2) is 179 Å². The molecule has 20 nitrogen and oxygen atoms in total. The van der Waals surface area contributed by atoms with Gasteiger partial charge in [0.1, 0.15) is 54.2 Å². The van der Waals surface area contributed by atoms with Crippen molar-refractivity contribution in [1.82, 2.24) is 5.32 Å². The van der Waals surface area contributed by atoms with E-state index in [0.29, 0.717) is 56.3 Å². The second-order valence-electron chi connectivity index (χ2n) is 29.2. The van der Waals surface area contributed by atoms with Crippen molar-refractivity contribution in [2.75, 3.05) is 27.4 Å². The molecule has 1 amide bonds. The number of unbranched alkanes of at least 4 members (excludes halogenated alkanes) is 7. The number of amides is 1. The average Bonchev–Trinajstić information content (AvgIpc) is 0.855. The summed E-state index contributed by atoms with van der Waals surface area (Å²) in [4.78, 5) is 40.9. The number of aliphatic carboxylic acids is 1. The quantitative estimate of drug-likeness (QED) is 0.0346. The molecule has 4 heterocycles. The van der Waals surface area contributed by atoms with E-state index in [1.54, 1.807) is 27.9 Å². The van der Waals surface area contributed by atoms with Crippen LogP contribution in [0.5, 0.6) is 0 Å². The number of allylic oxidation sites excluding steroid dienone is 2. The van der Waals surface area contributed by atoms with E-state index in [9.17, 15) is 35.1 Å². The van der Waals surface area contributed by atoms with Crippen molar-refractivity contribution in [1.29, 1.82) is 0 Å². The lowest BCUT2D eigenvalue weighted by atomic mass is 9.33. The third-order valence-corrected chi connectivity index (χ3v) is 23.4. The van der Waals surface area contributed by atoms with Crippen LogP contribution in [0.1, 0.15) is 191 Å². The van der Waals surface area contributed by atoms with Gasteiger partial charge >= 0.3 is 11.9 Å². The molecule has 0 aromatic carbocycles. The zero-order chi connectivity index (χ0) is 61.1. The number of nitrogens with one attached hydrogen (secondary N) is 1. The molecule has 84 heavy (non-hydrogen) atoms. The van der Waals surface area contributed by atoms with E-state index >= 15 is 4.79 Å². The smallest absolute Gasteiger partial charge is 0.317 e. The first-order chi connectivity index (χ1) is 39.5. The minimum atomic E-state index is -1.65. The molecule has 0 radical (unpaired) electrons. The van der Waals surface area contributed by atoms with E-state index in [1.165, 1.54) is 5.57 Å². The topological polar surface area (TPSA) is 277 Å². The molecule has 9 aliphatic rings. The summed E-state index contributed by atoms with van der Waals surface area (Å²) in [6.07, 6.45) is -0.731. The normalized spacial score (nSPS) is 46.7. The van der Waals surface area contributed by atoms with E-state index in [0.717, 1.165) is 70.6 Å². The molecule has 4 saturated carbocycles. The van der Waals surface area contributed by atoms with Crippen LogP contribution in [0.4, 0.5) is 0 Å². The Balaban J connectivity index is 1.000. The molecule has 9 rings (SSSR count). The Morgan fingerprint density at radius 1 is 0.714 bits per heavy atom. The van der Waals surface area contributed by atoms with Gasteiger partial charge in [0.15, 0.2) is 24.5 Å². The number of hydrogen-bond acceptors (Lipinski definition) is 18. The molecular weight excluding hydrogens is 1090 g/mol. The Hall–Kier alpha value is -2.41. The fourth-order valence-corrected chi connectivity index (χ4v) is 18.1. The summed E-state index contributed by atoms with van der Waals surface area (Å²) in [5.41, 5.74) is -0.731. The summed E-state index contributed by atoms with van der Waals surface area (Å²) >= 11 is 0. The highest BCUT2D eigenvalue weighted by molar-refractivity contribution is 5.80. The number of carboxylic acid groups (broad SMARTS) is 1. The maximum Gasteiger partial charge on any atom is 0.317 e. The first kappa shape index (κ1) is 66.0. The molecule has 24 atom stereocenters. The number of hydrogen-bond donors (Lipinski definition) is 7. The number of carbonyl (C=O) groups excluding carboxylic acids is 2. The van der Waals surface area contributed by atoms with Gasteiger partial charge in [-0.05, 0) is 144 Å². The number of methoxy groups -OCH3 is 2. The number of aliphatic hydroxyl groups is 5. The van der Waals surface area contributed by atoms with Gasteiger partial charge in [-0.2, -0.15) is 0 Å². The van der Waals surface area contributed by atoms with Crippen LogP contribution < -0.4 is 5.32 Å². The Morgan fingerprint density at radius 2 is 1.37 bits per heavy atom. The third kappa shape index (κ3) is 12.1. The van der Waals surface area contributed by atoms with E-state index < -0.39 is 122 Å². The predicted octanol–water partition coefficient (Wildman–Crippen LogP) is 6.99. The molecule has 4 aliphatic heterocycles. The maximum absolute atomic E-state index is 16.2. The highest BCUT2D eigenvalue weighted by Crippen LogP contribution is 2.76. The van der Waals surface area contributed by atoms with Gasteiger partial charge in [-0.3, -0.25) is 14.4 Å². The van der Waals surface area contributed by atoms with Gasteiger partial charge in [0.2, 0.25) is 12.2 Å². The molecule has 5 aliphatic carbocycles. The van der Waals surface area contributed by atoms with Gasteiger partial charge in [0.25, 0.3) is 0 Å². The second kappa shape index (κ2) is 25.5. The zero-order valence-electron chi connectivity index (χ0n) is 52.4. The number of rotatable bonds is 21. The number of carbonyl (C=O) groups is 3. The summed E-state index contributed by atoms with van der Waals surface area (Å²) in [6.45, 7) is 20.8. The van der Waals surface area contributed by atoms with Gasteiger partial charge < -0.3 is 83.3 Å². The number of aliphatic hydroxyl groups excluding tert-OH is 5. The molecule has 480 valence electrons. The highest BCUT2D eigenvalue weighted by Gasteiger charge is 2.73. The first-order valence-electron chi connectivity index (χ1n) is 32.0. The Kier molecular flexibility index (Phi) is 20.0. The van der Waals surface area contributed by atoms with Crippen LogP contribution in [0.25, 0.3) is 0 Å². The summed E-state index contributed by atoms with van der Waals surface area (Å²) in [6, 6.07) is -1.24. The molecule has 7 N–H and O–H groups in total. The number of fused-ring (bicyclic) bond motifs is 8. The van der Waals surface area contributed by atoms with Crippen molar-refractivity contribution in [3.63, 3.8) is 0 Å². The van der Waals surface area contributed by atoms with E-state index in [1.807, 2.05) is 7.11 Å². The van der Waals surface area contributed by atoms with Crippen LogP contribution in [0.15, 0.2) is 11.6 Å². The predicted molar refractivity (Wildman–Crippen MR) is 305 cm³/mol. The van der Waals surface area contributed by atoms with Crippen LogP contribution in [0.3, 0.4) is 0 Å². The van der Waals surface area contributed by atoms with Crippen molar-refractivity contribution in [2.45, 2.75) is 295 Å². The van der Waals surface area contributed by atoms with Gasteiger partial charge in [0, 0.05) is 27.1 Å². The number of esters is 1. The van der Waals surface area contributed by atoms with E-state index in [2.05, 4.69) is 59.9 Å². The monoisotopic (exact) mass is 1190 g/mol. The van der Waals surface area contributed by atoms with Crippen molar-refractivity contribution >= 4 is 17.8 Å². The van der Waals surface area contributed by atoms with E-state index in [4.69, 9.17) is 52.5 Å². The fourth-order valence-electron chi connectivity index (χ4n) is 18.1. The van der Waals surface area contributed by atoms with Crippen molar-refractivity contribution in [2.24, 2.45) is 50.7 Å². The fraction of sp³-hybridized carbons (Fsp3) is 0.922. The van der Waals surface area contributed by atoms with Gasteiger partial charge in [-0.1, -0.05) is 91.7 Å². The first-order valence-corrected chi connectivity index (χ1v) is 32.0. The Morgan fingerprint density at radius 3 is 2.02 bits per heavy atom. The molecule has 8 fully saturated rings. The number of carboxylic acids is 1. The Bertz CT molecular complexity index is 2340. The molecule has 0 aromatic heterocycles. The number of ether oxygens (including phenoxy) is 10. The highest BCUT2D eigenvalue weighted by atomic mass is 16.8. The van der Waals surface area contributed by atoms with Gasteiger partial charge in [-0.15, -0.1) is 0 Å². The molecule has 4 saturated heterocycles. The average molecular weight is 1190 g/mol. The molecule has 12 unspecified atom stereocenters. The van der Waals surface area contributed by atoms with E-state index in [-0.39, 0.29) is 58.5 Å². The van der Waals surface area contributed by atoms with Crippen molar-refractivity contribution in [3.05, 3.63) is 11.6 Å². The van der Waals surface area contributed by atoms with Crippen LogP contribution in [-0.2, 0) is 61.8 Å². The zero-order valence-corrected chi connectivity index (χ0v) is 52.4. The summed E-state index contributed by atoms with van der Waals surface area (Å²) in [7, 11) is 3.58. The molecule has 0 spiro atoms. The Labute approximate surface area is 498 Å². The lowest BCUT2D eigenvalue weighted by Crippen LogP contribution is -2.70. The maximum atomic E-state index is 16.2. The van der Waals surface area contributed by atoms with Crippen LogP contribution in [0.2, 0.25) is 0 Å². The summed E-state index contributed by atoms with van der Waals surface area (Å²) in [5, 5.41) is 67.3. The summed E-state index contributed by atoms with van der Waals surface area (Å²) in [5.74, 6) is -2.05. The lowest BCUT2D eigenvalue weighted by Gasteiger charge is -2.72. The van der Waals surface area contributed by atoms with Gasteiger partial charge in [-0.25, -0.2) is 0 Å². The molecular formula is C64H105NO19. The summed E-state index contributed by atoms with van der Waals surface area (Å²) < 4.78 is 64.9. The lowest BCUT2D eigenvalue weighted by molar-refractivity contribution is -0.359. The third-order valence-electron chi connectivity index (χ3n) is 23.4. The minimum Gasteiger partial charge on any atom is -0.481 e. The molecule has 20 heteroatoms. The standard InChI is InChI=1S/C64H105NO19/c1-35-25-27-60(7)41-24-23-37-38-31-58(3,4)29-30-64(38,43(75-11)32-62(37,9)61(41,8)28-26-42(60)63(35,10)76-12)57(74)82-55-51(48(72)46(40(33-66)79-55)65-44(68)21-19-17-15-13-14-16-18-20-22-45(69)70)81-56-53-52(83-59(5,6)84-53)50(36(2)78-56)80-54-49(73)47(71)39(67)34-77-54/h23,35-36,38-43,46-56,66-67,71-73H,13-22,24-34H2,1-12H3,(H,65,68)(H,69,70)/t35-,36?,38?,39+,40?,41?,42+,43?,46-,47?,48?,49?,50-,51?,52?,53?,54-,55-,56-,60?,61-,62+,63-,64+/m0/s1. The van der Waals surface area contributed by atoms with Crippen LogP contribution >= 0.6 is 0 Å². The van der Waals surface area contributed by atoms with Gasteiger partial charge in [0.05, 0.1) is 37.1 Å². The van der Waals surface area contributed by atoms with Crippen LogP contribution in [0, 0.1) is 50.7 Å². The SMILES string of the molecule is COC1C[C@]2(C)C(=CCC3C4(C)CC[C@H](C)[C@](C)(OC)[C@@H]4CC[C@@]32C)C2CC(C)(C)CC[C@]12C(=O)O[C@@H]1OC(CO)[C@H](NC(=O)CCCCCCCCCCC(=O)O)C(O)C1O[C@@H]1OC(C)[C@H](O[C@@H]2OC[C@@H](O)C(O)C2O)C2OC(C)(C)OC21. The largest absolute Gasteiger partial charge is 0.481 e.